The van der Waals surface area contributed by atoms with Crippen LogP contribution in [0.25, 0.3) is 0 Å². The van der Waals surface area contributed by atoms with Gasteiger partial charge in [0.1, 0.15) is 18.3 Å². The number of aliphatic hydroxyl groups excluding tert-OH is 6. The first-order chi connectivity index (χ1) is 10.3. The molecule has 5 atom stereocenters. The van der Waals surface area contributed by atoms with Crippen molar-refractivity contribution in [2.75, 3.05) is 40.0 Å². The molecule has 0 amide bonds. The SMILES string of the molecule is CCCCOCC(O)CN(C)CC(O)[C@H](O)C(O)C(O)CO. The van der Waals surface area contributed by atoms with Crippen molar-refractivity contribution < 1.29 is 35.4 Å². The van der Waals surface area contributed by atoms with Crippen molar-refractivity contribution in [2.24, 2.45) is 0 Å². The van der Waals surface area contributed by atoms with E-state index in [2.05, 4.69) is 0 Å². The van der Waals surface area contributed by atoms with Crippen LogP contribution in [0.15, 0.2) is 0 Å². The molecule has 0 radical (unpaired) electrons. The summed E-state index contributed by atoms with van der Waals surface area (Å²) >= 11 is 0. The summed E-state index contributed by atoms with van der Waals surface area (Å²) < 4.78 is 5.28. The fraction of sp³-hybridized carbons (Fsp3) is 1.00. The second-order valence-corrected chi connectivity index (χ2v) is 5.60. The van der Waals surface area contributed by atoms with Crippen molar-refractivity contribution in [3.05, 3.63) is 0 Å². The Morgan fingerprint density at radius 1 is 0.955 bits per heavy atom. The molecule has 0 fully saturated rings. The van der Waals surface area contributed by atoms with Gasteiger partial charge in [0.05, 0.1) is 25.4 Å². The molecule has 0 rings (SSSR count). The second-order valence-electron chi connectivity index (χ2n) is 5.60. The van der Waals surface area contributed by atoms with Crippen LogP contribution in [-0.4, -0.2) is 106 Å². The summed E-state index contributed by atoms with van der Waals surface area (Å²) in [5.41, 5.74) is 0. The second kappa shape index (κ2) is 12.1. The molecule has 134 valence electrons. The minimum atomic E-state index is -1.64. The minimum absolute atomic E-state index is 0.0115. The van der Waals surface area contributed by atoms with Gasteiger partial charge in [0.25, 0.3) is 0 Å². The third-order valence-corrected chi connectivity index (χ3v) is 3.30. The topological polar surface area (TPSA) is 134 Å². The molecule has 4 unspecified atom stereocenters. The van der Waals surface area contributed by atoms with Gasteiger partial charge in [-0.2, -0.15) is 0 Å². The van der Waals surface area contributed by atoms with Crippen LogP contribution in [0.1, 0.15) is 19.8 Å². The first-order valence-corrected chi connectivity index (χ1v) is 7.60. The van der Waals surface area contributed by atoms with Gasteiger partial charge in [0, 0.05) is 19.7 Å². The van der Waals surface area contributed by atoms with Crippen LogP contribution >= 0.6 is 0 Å². The smallest absolute Gasteiger partial charge is 0.111 e. The number of unbranched alkanes of at least 4 members (excludes halogenated alkanes) is 1. The third-order valence-electron chi connectivity index (χ3n) is 3.30. The predicted molar refractivity (Wildman–Crippen MR) is 80.3 cm³/mol. The van der Waals surface area contributed by atoms with E-state index in [1.165, 1.54) is 0 Å². The molecule has 0 heterocycles. The van der Waals surface area contributed by atoms with E-state index in [0.29, 0.717) is 6.61 Å². The Balaban J connectivity index is 4.05. The van der Waals surface area contributed by atoms with E-state index in [9.17, 15) is 25.5 Å². The molecule has 22 heavy (non-hydrogen) atoms. The Labute approximate surface area is 131 Å². The van der Waals surface area contributed by atoms with E-state index >= 15 is 0 Å². The van der Waals surface area contributed by atoms with E-state index in [0.717, 1.165) is 12.8 Å². The lowest BCUT2D eigenvalue weighted by molar-refractivity contribution is -0.119. The molecule has 0 aromatic heterocycles. The highest BCUT2D eigenvalue weighted by Gasteiger charge is 2.30. The molecule has 8 nitrogen and oxygen atoms in total. The van der Waals surface area contributed by atoms with E-state index in [1.54, 1.807) is 11.9 Å². The van der Waals surface area contributed by atoms with Crippen LogP contribution in [0.3, 0.4) is 0 Å². The van der Waals surface area contributed by atoms with Crippen molar-refractivity contribution in [3.8, 4) is 0 Å². The normalized spacial score (nSPS) is 19.0. The summed E-state index contributed by atoms with van der Waals surface area (Å²) in [6.45, 7) is 2.33. The molecule has 0 aliphatic rings. The number of hydrogen-bond donors (Lipinski definition) is 6. The van der Waals surface area contributed by atoms with Crippen molar-refractivity contribution >= 4 is 0 Å². The Kier molecular flexibility index (Phi) is 12.0. The van der Waals surface area contributed by atoms with Gasteiger partial charge in [0.2, 0.25) is 0 Å². The van der Waals surface area contributed by atoms with Crippen LogP contribution in [0.2, 0.25) is 0 Å². The molecule has 0 aliphatic heterocycles. The number of aliphatic hydroxyl groups is 6. The third kappa shape index (κ3) is 8.96. The molecule has 0 aliphatic carbocycles. The summed E-state index contributed by atoms with van der Waals surface area (Å²) in [4.78, 5) is 1.58. The maximum atomic E-state index is 9.80. The maximum Gasteiger partial charge on any atom is 0.111 e. The molecule has 0 saturated carbocycles. The number of rotatable bonds is 13. The lowest BCUT2D eigenvalue weighted by atomic mass is 10.0. The van der Waals surface area contributed by atoms with E-state index in [4.69, 9.17) is 9.84 Å². The Morgan fingerprint density at radius 2 is 1.55 bits per heavy atom. The van der Waals surface area contributed by atoms with Gasteiger partial charge < -0.3 is 40.3 Å². The van der Waals surface area contributed by atoms with Crippen LogP contribution in [-0.2, 0) is 4.74 Å². The molecule has 0 aromatic carbocycles. The summed E-state index contributed by atoms with van der Waals surface area (Å²) in [7, 11) is 1.64. The highest BCUT2D eigenvalue weighted by atomic mass is 16.5. The molecule has 6 N–H and O–H groups in total. The molecular weight excluding hydrogens is 294 g/mol. The molecule has 0 aromatic rings. The zero-order valence-electron chi connectivity index (χ0n) is 13.4. The van der Waals surface area contributed by atoms with Gasteiger partial charge >= 0.3 is 0 Å². The standard InChI is InChI=1S/C14H31NO7/c1-3-4-5-22-9-10(17)6-15(2)7-11(18)13(20)14(21)12(19)8-16/h10-14,16-21H,3-9H2,1-2H3/t10?,11?,12?,13-,14?/m0/s1. The van der Waals surface area contributed by atoms with Crippen LogP contribution in [0.4, 0.5) is 0 Å². The molecular formula is C14H31NO7. The zero-order chi connectivity index (χ0) is 17.1. The van der Waals surface area contributed by atoms with Gasteiger partial charge in [0.15, 0.2) is 0 Å². The monoisotopic (exact) mass is 325 g/mol. The molecule has 0 spiro atoms. The summed E-state index contributed by atoms with van der Waals surface area (Å²) in [6, 6.07) is 0. The van der Waals surface area contributed by atoms with Crippen molar-refractivity contribution in [1.29, 1.82) is 0 Å². The van der Waals surface area contributed by atoms with Crippen LogP contribution in [0.5, 0.6) is 0 Å². The lowest BCUT2D eigenvalue weighted by Crippen LogP contribution is -2.50. The predicted octanol–water partition coefficient (Wildman–Crippen LogP) is -2.47. The number of nitrogens with zero attached hydrogens (tertiary/aromatic N) is 1. The van der Waals surface area contributed by atoms with Gasteiger partial charge in [-0.1, -0.05) is 13.3 Å². The minimum Gasteiger partial charge on any atom is -0.394 e. The number of hydrogen-bond acceptors (Lipinski definition) is 8. The first-order valence-electron chi connectivity index (χ1n) is 7.60. The summed E-state index contributed by atoms with van der Waals surface area (Å²) in [5, 5.41) is 56.7. The average molecular weight is 325 g/mol. The van der Waals surface area contributed by atoms with Gasteiger partial charge in [-0.15, -0.1) is 0 Å². The summed E-state index contributed by atoms with van der Waals surface area (Å²) in [5.74, 6) is 0. The number of likely N-dealkylation sites (N-methyl/N-ethyl adjacent to an activating group) is 1. The highest BCUT2D eigenvalue weighted by molar-refractivity contribution is 4.82. The Bertz CT molecular complexity index is 270. The van der Waals surface area contributed by atoms with Gasteiger partial charge in [-0.25, -0.2) is 0 Å². The van der Waals surface area contributed by atoms with Crippen molar-refractivity contribution in [3.63, 3.8) is 0 Å². The molecule has 0 saturated heterocycles. The Morgan fingerprint density at radius 3 is 2.09 bits per heavy atom. The molecule has 8 heteroatoms. The van der Waals surface area contributed by atoms with Crippen molar-refractivity contribution in [2.45, 2.75) is 50.3 Å². The van der Waals surface area contributed by atoms with Crippen LogP contribution < -0.4 is 0 Å². The van der Waals surface area contributed by atoms with Crippen LogP contribution in [0, 0.1) is 0 Å². The van der Waals surface area contributed by atoms with E-state index in [-0.39, 0.29) is 19.7 Å². The van der Waals surface area contributed by atoms with Crippen molar-refractivity contribution in [1.82, 2.24) is 4.90 Å². The van der Waals surface area contributed by atoms with Gasteiger partial charge in [-0.3, -0.25) is 0 Å². The first kappa shape index (κ1) is 21.7. The summed E-state index contributed by atoms with van der Waals surface area (Å²) in [6.07, 6.45) is -4.86. The molecule has 0 bridgehead atoms. The fourth-order valence-electron chi connectivity index (χ4n) is 1.94. The zero-order valence-corrected chi connectivity index (χ0v) is 13.4. The van der Waals surface area contributed by atoms with E-state index < -0.39 is 37.1 Å². The van der Waals surface area contributed by atoms with Gasteiger partial charge in [-0.05, 0) is 13.5 Å². The Hall–Kier alpha value is -0.320. The quantitative estimate of drug-likeness (QED) is 0.205. The maximum absolute atomic E-state index is 9.80. The van der Waals surface area contributed by atoms with E-state index in [1.807, 2.05) is 6.92 Å². The highest BCUT2D eigenvalue weighted by Crippen LogP contribution is 2.06. The largest absolute Gasteiger partial charge is 0.394 e. The average Bonchev–Trinajstić information content (AvgIpc) is 2.48. The lowest BCUT2D eigenvalue weighted by Gasteiger charge is -2.29. The number of ether oxygens (including phenoxy) is 1. The fourth-order valence-corrected chi connectivity index (χ4v) is 1.94.